The summed E-state index contributed by atoms with van der Waals surface area (Å²) in [7, 11) is 0. The van der Waals surface area contributed by atoms with Crippen LogP contribution in [-0.4, -0.2) is 4.98 Å². The number of hydrogen-bond donors (Lipinski definition) is 0. The van der Waals surface area contributed by atoms with Crippen molar-refractivity contribution in [2.75, 3.05) is 0 Å². The standard InChI is InChI=1S/C8H5BrF5N/c1-3-2-4(7(10)11)6(9)15-5(3)8(12,13)14/h2,7H,1H3. The highest BCUT2D eigenvalue weighted by Gasteiger charge is 2.35. The summed E-state index contributed by atoms with van der Waals surface area (Å²) in [5.74, 6) is 0. The fourth-order valence-corrected chi connectivity index (χ4v) is 1.52. The van der Waals surface area contributed by atoms with Gasteiger partial charge in [-0.15, -0.1) is 0 Å². The molecule has 0 spiro atoms. The van der Waals surface area contributed by atoms with Crippen molar-refractivity contribution in [2.24, 2.45) is 0 Å². The first-order valence-electron chi connectivity index (χ1n) is 3.76. The molecule has 1 rings (SSSR count). The maximum absolute atomic E-state index is 12.3. The average Bonchev–Trinajstić information content (AvgIpc) is 2.06. The molecule has 0 aliphatic heterocycles. The van der Waals surface area contributed by atoms with Gasteiger partial charge in [-0.05, 0) is 34.5 Å². The van der Waals surface area contributed by atoms with Gasteiger partial charge in [0.15, 0.2) is 0 Å². The third kappa shape index (κ3) is 2.64. The molecule has 1 heterocycles. The maximum atomic E-state index is 12.3. The lowest BCUT2D eigenvalue weighted by Crippen LogP contribution is -2.11. The Kier molecular flexibility index (Phi) is 3.32. The Morgan fingerprint density at radius 1 is 1.33 bits per heavy atom. The van der Waals surface area contributed by atoms with Gasteiger partial charge in [-0.2, -0.15) is 13.2 Å². The van der Waals surface area contributed by atoms with Gasteiger partial charge in [0, 0.05) is 0 Å². The Hall–Kier alpha value is -0.720. The van der Waals surface area contributed by atoms with Gasteiger partial charge in [-0.25, -0.2) is 13.8 Å². The van der Waals surface area contributed by atoms with Crippen LogP contribution in [0.2, 0.25) is 0 Å². The molecule has 0 N–H and O–H groups in total. The van der Waals surface area contributed by atoms with Gasteiger partial charge in [-0.3, -0.25) is 0 Å². The van der Waals surface area contributed by atoms with E-state index in [4.69, 9.17) is 0 Å². The fraction of sp³-hybridized carbons (Fsp3) is 0.375. The molecule has 15 heavy (non-hydrogen) atoms. The lowest BCUT2D eigenvalue weighted by atomic mass is 10.1. The Bertz CT molecular complexity index is 374. The first-order chi connectivity index (χ1) is 6.73. The highest BCUT2D eigenvalue weighted by molar-refractivity contribution is 9.10. The number of aromatic nitrogens is 1. The van der Waals surface area contributed by atoms with Crippen molar-refractivity contribution in [3.63, 3.8) is 0 Å². The molecule has 0 aliphatic carbocycles. The second-order valence-corrected chi connectivity index (χ2v) is 3.58. The minimum atomic E-state index is -4.63. The number of aryl methyl sites for hydroxylation is 1. The van der Waals surface area contributed by atoms with E-state index >= 15 is 0 Å². The number of alkyl halides is 5. The summed E-state index contributed by atoms with van der Waals surface area (Å²) >= 11 is 2.58. The molecule has 0 saturated carbocycles. The first kappa shape index (κ1) is 12.4. The van der Waals surface area contributed by atoms with Gasteiger partial charge >= 0.3 is 6.18 Å². The molecule has 0 aliphatic rings. The van der Waals surface area contributed by atoms with Crippen LogP contribution in [0.3, 0.4) is 0 Å². The van der Waals surface area contributed by atoms with Crippen LogP contribution in [0.5, 0.6) is 0 Å². The zero-order valence-electron chi connectivity index (χ0n) is 7.37. The second kappa shape index (κ2) is 4.03. The quantitative estimate of drug-likeness (QED) is 0.560. The van der Waals surface area contributed by atoms with Crippen molar-refractivity contribution in [1.29, 1.82) is 0 Å². The van der Waals surface area contributed by atoms with Crippen molar-refractivity contribution in [3.8, 4) is 0 Å². The van der Waals surface area contributed by atoms with Gasteiger partial charge in [-0.1, -0.05) is 0 Å². The van der Waals surface area contributed by atoms with E-state index in [0.29, 0.717) is 0 Å². The van der Waals surface area contributed by atoms with Crippen LogP contribution in [0.1, 0.15) is 23.2 Å². The molecule has 0 unspecified atom stereocenters. The van der Waals surface area contributed by atoms with Crippen LogP contribution in [0, 0.1) is 6.92 Å². The van der Waals surface area contributed by atoms with Crippen molar-refractivity contribution in [1.82, 2.24) is 4.98 Å². The van der Waals surface area contributed by atoms with Gasteiger partial charge < -0.3 is 0 Å². The van der Waals surface area contributed by atoms with E-state index in [-0.39, 0.29) is 5.56 Å². The van der Waals surface area contributed by atoms with E-state index in [1.54, 1.807) is 0 Å². The Morgan fingerprint density at radius 2 is 1.87 bits per heavy atom. The molecule has 0 radical (unpaired) electrons. The van der Waals surface area contributed by atoms with Crippen molar-refractivity contribution < 1.29 is 22.0 Å². The Morgan fingerprint density at radius 3 is 2.27 bits per heavy atom. The molecule has 0 bridgehead atoms. The third-order valence-electron chi connectivity index (χ3n) is 1.70. The minimum absolute atomic E-state index is 0.319. The molecule has 7 heteroatoms. The summed E-state index contributed by atoms with van der Waals surface area (Å²) < 4.78 is 61.0. The van der Waals surface area contributed by atoms with Crippen LogP contribution in [-0.2, 0) is 6.18 Å². The minimum Gasteiger partial charge on any atom is -0.236 e. The zero-order valence-corrected chi connectivity index (χ0v) is 8.96. The largest absolute Gasteiger partial charge is 0.433 e. The van der Waals surface area contributed by atoms with E-state index < -0.39 is 28.5 Å². The van der Waals surface area contributed by atoms with E-state index in [1.807, 2.05) is 0 Å². The predicted molar refractivity (Wildman–Crippen MR) is 46.6 cm³/mol. The molecular formula is C8H5BrF5N. The first-order valence-corrected chi connectivity index (χ1v) is 4.55. The smallest absolute Gasteiger partial charge is 0.236 e. The summed E-state index contributed by atoms with van der Waals surface area (Å²) in [6, 6.07) is 0.782. The molecule has 0 amide bonds. The van der Waals surface area contributed by atoms with E-state index in [0.717, 1.165) is 13.0 Å². The maximum Gasteiger partial charge on any atom is 0.433 e. The topological polar surface area (TPSA) is 12.9 Å². The normalized spacial score (nSPS) is 12.3. The molecule has 0 aromatic carbocycles. The van der Waals surface area contributed by atoms with Crippen LogP contribution in [0.25, 0.3) is 0 Å². The van der Waals surface area contributed by atoms with E-state index in [2.05, 4.69) is 20.9 Å². The summed E-state index contributed by atoms with van der Waals surface area (Å²) in [5.41, 5.74) is -2.01. The summed E-state index contributed by atoms with van der Waals surface area (Å²) in [6.07, 6.45) is -7.49. The molecule has 84 valence electrons. The van der Waals surface area contributed by atoms with Gasteiger partial charge in [0.2, 0.25) is 0 Å². The third-order valence-corrected chi connectivity index (χ3v) is 2.33. The SMILES string of the molecule is Cc1cc(C(F)F)c(Br)nc1C(F)(F)F. The number of rotatable bonds is 1. The van der Waals surface area contributed by atoms with Crippen molar-refractivity contribution >= 4 is 15.9 Å². The molecule has 1 nitrogen and oxygen atoms in total. The number of hydrogen-bond acceptors (Lipinski definition) is 1. The highest BCUT2D eigenvalue weighted by Crippen LogP contribution is 2.34. The monoisotopic (exact) mass is 289 g/mol. The lowest BCUT2D eigenvalue weighted by Gasteiger charge is -2.11. The molecule has 0 atom stereocenters. The van der Waals surface area contributed by atoms with Crippen LogP contribution >= 0.6 is 15.9 Å². The molecule has 0 saturated heterocycles. The van der Waals surface area contributed by atoms with Crippen molar-refractivity contribution in [3.05, 3.63) is 27.5 Å². The van der Waals surface area contributed by atoms with Crippen LogP contribution < -0.4 is 0 Å². The Labute approximate surface area is 90.4 Å². The Balaban J connectivity index is 3.32. The second-order valence-electron chi connectivity index (χ2n) is 2.83. The van der Waals surface area contributed by atoms with Gasteiger partial charge in [0.25, 0.3) is 6.43 Å². The van der Waals surface area contributed by atoms with Crippen molar-refractivity contribution in [2.45, 2.75) is 19.5 Å². The van der Waals surface area contributed by atoms with Crippen LogP contribution in [0.15, 0.2) is 10.7 Å². The summed E-state index contributed by atoms with van der Waals surface area (Å²) in [4.78, 5) is 3.08. The fourth-order valence-electron chi connectivity index (χ4n) is 1.05. The summed E-state index contributed by atoms with van der Waals surface area (Å²) in [6.45, 7) is 1.09. The summed E-state index contributed by atoms with van der Waals surface area (Å²) in [5, 5.41) is 0. The molecular weight excluding hydrogens is 285 g/mol. The zero-order chi connectivity index (χ0) is 11.8. The number of nitrogens with zero attached hydrogens (tertiary/aromatic N) is 1. The van der Waals surface area contributed by atoms with Crippen LogP contribution in [0.4, 0.5) is 22.0 Å². The molecule has 1 aromatic rings. The van der Waals surface area contributed by atoms with Gasteiger partial charge in [0.1, 0.15) is 10.3 Å². The molecule has 1 aromatic heterocycles. The number of pyridine rings is 1. The lowest BCUT2D eigenvalue weighted by molar-refractivity contribution is -0.141. The molecule has 0 fully saturated rings. The number of halogens is 6. The van der Waals surface area contributed by atoms with E-state index in [9.17, 15) is 22.0 Å². The van der Waals surface area contributed by atoms with E-state index in [1.165, 1.54) is 0 Å². The average molecular weight is 290 g/mol. The predicted octanol–water partition coefficient (Wildman–Crippen LogP) is 4.11. The highest BCUT2D eigenvalue weighted by atomic mass is 79.9. The van der Waals surface area contributed by atoms with Gasteiger partial charge in [0.05, 0.1) is 5.56 Å².